The Balaban J connectivity index is 1.80. The smallest absolute Gasteiger partial charge is 0.387 e. The van der Waals surface area contributed by atoms with Crippen molar-refractivity contribution in [3.05, 3.63) is 60.2 Å². The number of aryl methyl sites for hydroxylation is 1. The topological polar surface area (TPSA) is 89.3 Å². The van der Waals surface area contributed by atoms with Crippen LogP contribution in [-0.2, 0) is 0 Å². The highest BCUT2D eigenvalue weighted by Crippen LogP contribution is 2.22. The van der Waals surface area contributed by atoms with Gasteiger partial charge in [0.15, 0.2) is 0 Å². The summed E-state index contributed by atoms with van der Waals surface area (Å²) >= 11 is 0. The van der Waals surface area contributed by atoms with Crippen LogP contribution in [0.2, 0.25) is 0 Å². The molecule has 0 fully saturated rings. The Morgan fingerprint density at radius 3 is 2.54 bits per heavy atom. The van der Waals surface area contributed by atoms with Gasteiger partial charge >= 0.3 is 6.61 Å². The zero-order valence-electron chi connectivity index (χ0n) is 13.6. The first-order valence-corrected chi connectivity index (χ1v) is 7.52. The molecule has 9 heteroatoms. The lowest BCUT2D eigenvalue weighted by Crippen LogP contribution is -2.14. The number of carbonyl (C=O) groups excluding carboxylic acids is 1. The van der Waals surface area contributed by atoms with Crippen molar-refractivity contribution in [2.45, 2.75) is 13.5 Å². The second kappa shape index (κ2) is 7.18. The number of amides is 1. The molecule has 0 saturated carbocycles. The lowest BCUT2D eigenvalue weighted by molar-refractivity contribution is -0.0498. The van der Waals surface area contributed by atoms with E-state index in [9.17, 15) is 18.7 Å². The van der Waals surface area contributed by atoms with E-state index in [1.165, 1.54) is 35.0 Å². The number of hydrogen-bond acceptors (Lipinski definition) is 5. The summed E-state index contributed by atoms with van der Waals surface area (Å²) in [6.45, 7) is -1.26. The molecule has 0 radical (unpaired) electrons. The molecule has 0 aliphatic carbocycles. The Bertz CT molecular complexity index is 926. The van der Waals surface area contributed by atoms with Crippen LogP contribution in [0.4, 0.5) is 14.5 Å². The number of nitrogens with one attached hydrogen (secondary N) is 1. The van der Waals surface area contributed by atoms with Gasteiger partial charge in [0.25, 0.3) is 5.91 Å². The van der Waals surface area contributed by atoms with Crippen LogP contribution in [-0.4, -0.2) is 32.4 Å². The van der Waals surface area contributed by atoms with Crippen LogP contribution < -0.4 is 10.1 Å². The normalized spacial score (nSPS) is 10.8. The minimum atomic E-state index is -2.90. The monoisotopic (exact) mass is 360 g/mol. The molecule has 0 spiro atoms. The van der Waals surface area contributed by atoms with Crippen molar-refractivity contribution in [2.75, 3.05) is 5.32 Å². The SMILES string of the molecule is Cc1nc(C(=O)Nc2ccccc2O)nn1-c1ccc(OC(F)F)cc1. The lowest BCUT2D eigenvalue weighted by Gasteiger charge is -2.06. The molecule has 2 aromatic carbocycles. The minimum Gasteiger partial charge on any atom is -0.506 e. The largest absolute Gasteiger partial charge is 0.506 e. The van der Waals surface area contributed by atoms with Crippen LogP contribution in [0, 0.1) is 6.92 Å². The maximum atomic E-state index is 12.3. The number of phenols is 1. The number of phenolic OH excluding ortho intramolecular Hbond substituents is 1. The molecule has 3 rings (SSSR count). The molecular weight excluding hydrogens is 346 g/mol. The van der Waals surface area contributed by atoms with Crippen molar-refractivity contribution in [3.8, 4) is 17.2 Å². The van der Waals surface area contributed by atoms with E-state index >= 15 is 0 Å². The highest BCUT2D eigenvalue weighted by atomic mass is 19.3. The number of halogens is 2. The predicted molar refractivity (Wildman–Crippen MR) is 88.8 cm³/mol. The van der Waals surface area contributed by atoms with Gasteiger partial charge in [-0.05, 0) is 43.3 Å². The van der Waals surface area contributed by atoms with Crippen molar-refractivity contribution in [1.29, 1.82) is 0 Å². The van der Waals surface area contributed by atoms with E-state index in [1.54, 1.807) is 25.1 Å². The molecule has 0 aliphatic heterocycles. The van der Waals surface area contributed by atoms with Gasteiger partial charge in [-0.15, -0.1) is 5.10 Å². The Hall–Kier alpha value is -3.49. The number of alkyl halides is 2. The molecule has 1 amide bonds. The fourth-order valence-corrected chi connectivity index (χ4v) is 2.26. The number of ether oxygens (including phenoxy) is 1. The van der Waals surface area contributed by atoms with Crippen LogP contribution >= 0.6 is 0 Å². The van der Waals surface area contributed by atoms with Gasteiger partial charge in [0.2, 0.25) is 5.82 Å². The van der Waals surface area contributed by atoms with Gasteiger partial charge in [0.1, 0.15) is 17.3 Å². The first-order valence-electron chi connectivity index (χ1n) is 7.52. The van der Waals surface area contributed by atoms with E-state index in [2.05, 4.69) is 20.1 Å². The molecule has 0 atom stereocenters. The molecule has 3 aromatic rings. The molecule has 134 valence electrons. The average Bonchev–Trinajstić information content (AvgIpc) is 2.99. The van der Waals surface area contributed by atoms with E-state index in [0.717, 1.165) is 0 Å². The standard InChI is InChI=1S/C17H14F2N4O3/c1-10-20-15(16(25)21-13-4-2-3-5-14(13)24)22-23(10)11-6-8-12(9-7-11)26-17(18)19/h2-9,17,24H,1H3,(H,21,25). The third kappa shape index (κ3) is 3.77. The number of hydrogen-bond donors (Lipinski definition) is 2. The second-order valence-electron chi connectivity index (χ2n) is 5.24. The third-order valence-corrected chi connectivity index (χ3v) is 3.43. The molecule has 26 heavy (non-hydrogen) atoms. The number of benzene rings is 2. The Morgan fingerprint density at radius 1 is 1.19 bits per heavy atom. The van der Waals surface area contributed by atoms with Crippen molar-refractivity contribution in [2.24, 2.45) is 0 Å². The summed E-state index contributed by atoms with van der Waals surface area (Å²) in [7, 11) is 0. The molecular formula is C17H14F2N4O3. The molecule has 7 nitrogen and oxygen atoms in total. The summed E-state index contributed by atoms with van der Waals surface area (Å²) in [6, 6.07) is 12.0. The number of aromatic nitrogens is 3. The number of carbonyl (C=O) groups is 1. The number of nitrogens with zero attached hydrogens (tertiary/aromatic N) is 3. The summed E-state index contributed by atoms with van der Waals surface area (Å²) in [4.78, 5) is 16.4. The van der Waals surface area contributed by atoms with Crippen LogP contribution in [0.3, 0.4) is 0 Å². The first kappa shape index (κ1) is 17.3. The van der Waals surface area contributed by atoms with Crippen molar-refractivity contribution in [3.63, 3.8) is 0 Å². The lowest BCUT2D eigenvalue weighted by atomic mass is 10.3. The Labute approximate surface area is 146 Å². The quantitative estimate of drug-likeness (QED) is 0.683. The van der Waals surface area contributed by atoms with Crippen molar-refractivity contribution >= 4 is 11.6 Å². The Kier molecular flexibility index (Phi) is 4.78. The van der Waals surface area contributed by atoms with Crippen LogP contribution in [0.1, 0.15) is 16.4 Å². The first-order chi connectivity index (χ1) is 12.4. The molecule has 1 heterocycles. The van der Waals surface area contributed by atoms with Crippen molar-refractivity contribution < 1.29 is 23.4 Å². The van der Waals surface area contributed by atoms with Gasteiger partial charge in [-0.3, -0.25) is 4.79 Å². The molecule has 2 N–H and O–H groups in total. The third-order valence-electron chi connectivity index (χ3n) is 3.43. The zero-order valence-corrected chi connectivity index (χ0v) is 13.6. The highest BCUT2D eigenvalue weighted by molar-refractivity contribution is 6.02. The molecule has 0 bridgehead atoms. The van der Waals surface area contributed by atoms with Gasteiger partial charge in [-0.2, -0.15) is 8.78 Å². The number of aromatic hydroxyl groups is 1. The number of rotatable bonds is 5. The fourth-order valence-electron chi connectivity index (χ4n) is 2.26. The summed E-state index contributed by atoms with van der Waals surface area (Å²) < 4.78 is 30.1. The molecule has 0 unspecified atom stereocenters. The van der Waals surface area contributed by atoms with E-state index in [4.69, 9.17) is 0 Å². The summed E-state index contributed by atoms with van der Waals surface area (Å²) in [6.07, 6.45) is 0. The van der Waals surface area contributed by atoms with Crippen molar-refractivity contribution in [1.82, 2.24) is 14.8 Å². The van der Waals surface area contributed by atoms with Crippen LogP contribution in [0.25, 0.3) is 5.69 Å². The van der Waals surface area contributed by atoms with Gasteiger partial charge in [-0.25, -0.2) is 9.67 Å². The van der Waals surface area contributed by atoms with Gasteiger partial charge in [0.05, 0.1) is 11.4 Å². The molecule has 0 saturated heterocycles. The Morgan fingerprint density at radius 2 is 1.88 bits per heavy atom. The van der Waals surface area contributed by atoms with Gasteiger partial charge < -0.3 is 15.2 Å². The maximum absolute atomic E-state index is 12.3. The van der Waals surface area contributed by atoms with Crippen LogP contribution in [0.15, 0.2) is 48.5 Å². The average molecular weight is 360 g/mol. The van der Waals surface area contributed by atoms with E-state index in [0.29, 0.717) is 11.5 Å². The van der Waals surface area contributed by atoms with Crippen LogP contribution in [0.5, 0.6) is 11.5 Å². The van der Waals surface area contributed by atoms with Gasteiger partial charge in [0, 0.05) is 0 Å². The molecule has 0 aliphatic rings. The van der Waals surface area contributed by atoms with E-state index in [1.807, 2.05) is 0 Å². The number of anilines is 1. The zero-order chi connectivity index (χ0) is 18.7. The predicted octanol–water partition coefficient (Wildman–Crippen LogP) is 3.14. The summed E-state index contributed by atoms with van der Waals surface area (Å²) in [5, 5.41) is 16.3. The second-order valence-corrected chi connectivity index (χ2v) is 5.24. The fraction of sp³-hybridized carbons (Fsp3) is 0.118. The summed E-state index contributed by atoms with van der Waals surface area (Å²) in [5.74, 6) is -0.328. The van der Waals surface area contributed by atoms with E-state index < -0.39 is 12.5 Å². The maximum Gasteiger partial charge on any atom is 0.387 e. The number of para-hydroxylation sites is 2. The highest BCUT2D eigenvalue weighted by Gasteiger charge is 2.16. The molecule has 1 aromatic heterocycles. The van der Waals surface area contributed by atoms with Gasteiger partial charge in [-0.1, -0.05) is 12.1 Å². The van der Waals surface area contributed by atoms with E-state index in [-0.39, 0.29) is 23.0 Å². The minimum absolute atomic E-state index is 0.0130. The summed E-state index contributed by atoms with van der Waals surface area (Å²) in [5.41, 5.74) is 0.762.